The van der Waals surface area contributed by atoms with Crippen LogP contribution in [0.15, 0.2) is 77.9 Å². The van der Waals surface area contributed by atoms with Crippen molar-refractivity contribution in [3.63, 3.8) is 0 Å². The molecule has 5 aromatic rings. The number of fused-ring (bicyclic) bond motifs is 1. The third kappa shape index (κ3) is 5.47. The van der Waals surface area contributed by atoms with Gasteiger partial charge < -0.3 is 25.4 Å². The molecule has 3 N–H and O–H groups in total. The first-order chi connectivity index (χ1) is 20.9. The Balaban J connectivity index is 1.48. The van der Waals surface area contributed by atoms with E-state index in [1.54, 1.807) is 34.9 Å². The van der Waals surface area contributed by atoms with E-state index in [9.17, 15) is 9.59 Å². The van der Waals surface area contributed by atoms with E-state index in [1.165, 1.54) is 6.20 Å². The molecule has 4 heterocycles. The van der Waals surface area contributed by atoms with Gasteiger partial charge in [-0.3, -0.25) is 14.2 Å². The van der Waals surface area contributed by atoms with Crippen LogP contribution in [0.25, 0.3) is 27.7 Å². The first-order valence-corrected chi connectivity index (χ1v) is 13.8. The molecule has 6 rings (SSSR count). The van der Waals surface area contributed by atoms with Crippen LogP contribution in [0.3, 0.4) is 0 Å². The molecular formula is C31H30N8O4. The molecule has 2 aromatic carbocycles. The predicted octanol–water partition coefficient (Wildman–Crippen LogP) is 3.47. The summed E-state index contributed by atoms with van der Waals surface area (Å²) in [5.41, 5.74) is 8.59. The molecule has 0 aliphatic carbocycles. The first-order valence-electron chi connectivity index (χ1n) is 13.8. The topological polar surface area (TPSA) is 150 Å². The number of hydrogen-bond acceptors (Lipinski definition) is 10. The average Bonchev–Trinajstić information content (AvgIpc) is 3.05. The van der Waals surface area contributed by atoms with Gasteiger partial charge in [0, 0.05) is 31.5 Å². The molecule has 0 spiro atoms. The zero-order valence-corrected chi connectivity index (χ0v) is 23.7. The van der Waals surface area contributed by atoms with Gasteiger partial charge in [-0.1, -0.05) is 30.3 Å². The molecule has 0 radical (unpaired) electrons. The monoisotopic (exact) mass is 578 g/mol. The largest absolute Gasteiger partial charge is 0.481 e. The lowest BCUT2D eigenvalue weighted by atomic mass is 10.0. The van der Waals surface area contributed by atoms with E-state index < -0.39 is 6.04 Å². The van der Waals surface area contributed by atoms with Crippen molar-refractivity contribution in [2.75, 3.05) is 44.5 Å². The minimum Gasteiger partial charge on any atom is -0.481 e. The fourth-order valence-corrected chi connectivity index (χ4v) is 5.16. The van der Waals surface area contributed by atoms with Crippen molar-refractivity contribution in [1.82, 2.24) is 29.4 Å². The molecule has 1 amide bonds. The van der Waals surface area contributed by atoms with Crippen LogP contribution in [0.5, 0.6) is 5.88 Å². The fraction of sp³-hybridized carbons (Fsp3) is 0.226. The van der Waals surface area contributed by atoms with Crippen LogP contribution < -0.4 is 21.3 Å². The van der Waals surface area contributed by atoms with E-state index in [-0.39, 0.29) is 28.8 Å². The number of aromatic nitrogens is 5. The second kappa shape index (κ2) is 11.9. The number of anilines is 2. The molecule has 0 saturated carbocycles. The van der Waals surface area contributed by atoms with Crippen molar-refractivity contribution in [2.24, 2.45) is 0 Å². The average molecular weight is 579 g/mol. The lowest BCUT2D eigenvalue weighted by Gasteiger charge is -2.28. The minimum atomic E-state index is -0.576. The molecule has 1 unspecified atom stereocenters. The van der Waals surface area contributed by atoms with Crippen molar-refractivity contribution in [3.05, 3.63) is 94.8 Å². The molecule has 1 aliphatic heterocycles. The number of benzene rings is 2. The molecule has 1 saturated heterocycles. The van der Waals surface area contributed by atoms with Gasteiger partial charge in [0.15, 0.2) is 0 Å². The van der Waals surface area contributed by atoms with E-state index in [2.05, 4.69) is 20.3 Å². The number of rotatable bonds is 7. The highest BCUT2D eigenvalue weighted by Crippen LogP contribution is 2.30. The first kappa shape index (κ1) is 27.8. The summed E-state index contributed by atoms with van der Waals surface area (Å²) in [6.07, 6.45) is 3.06. The van der Waals surface area contributed by atoms with Gasteiger partial charge in [0.25, 0.3) is 11.5 Å². The molecule has 43 heavy (non-hydrogen) atoms. The van der Waals surface area contributed by atoms with E-state index in [4.69, 9.17) is 20.2 Å². The van der Waals surface area contributed by atoms with Crippen molar-refractivity contribution < 1.29 is 14.3 Å². The third-order valence-electron chi connectivity index (χ3n) is 7.27. The summed E-state index contributed by atoms with van der Waals surface area (Å²) < 4.78 is 12.3. The normalized spacial score (nSPS) is 14.0. The van der Waals surface area contributed by atoms with Gasteiger partial charge in [0.05, 0.1) is 43.0 Å². The Labute approximate surface area is 247 Å². The number of methoxy groups -OCH3 is 1. The number of carbonyl (C=O) groups excluding carboxylic acids is 1. The highest BCUT2D eigenvalue weighted by molar-refractivity contribution is 5.99. The number of nitrogens with two attached hydrogens (primary N) is 1. The highest BCUT2D eigenvalue weighted by Gasteiger charge is 2.26. The number of amides is 1. The Morgan fingerprint density at radius 2 is 1.84 bits per heavy atom. The Kier molecular flexibility index (Phi) is 7.67. The Bertz CT molecular complexity index is 1860. The van der Waals surface area contributed by atoms with Gasteiger partial charge in [0.2, 0.25) is 11.8 Å². The van der Waals surface area contributed by atoms with Gasteiger partial charge >= 0.3 is 0 Å². The van der Waals surface area contributed by atoms with Crippen LogP contribution in [0.2, 0.25) is 0 Å². The number of pyridine rings is 1. The molecule has 218 valence electrons. The van der Waals surface area contributed by atoms with Crippen LogP contribution in [0.1, 0.15) is 29.1 Å². The highest BCUT2D eigenvalue weighted by atomic mass is 16.5. The summed E-state index contributed by atoms with van der Waals surface area (Å²) >= 11 is 0. The summed E-state index contributed by atoms with van der Waals surface area (Å²) in [6, 6.07) is 17.9. The van der Waals surface area contributed by atoms with Gasteiger partial charge in [-0.15, -0.1) is 0 Å². The van der Waals surface area contributed by atoms with Gasteiger partial charge in [-0.2, -0.15) is 4.98 Å². The predicted molar refractivity (Wildman–Crippen MR) is 162 cm³/mol. The van der Waals surface area contributed by atoms with Crippen LogP contribution in [0, 0.1) is 0 Å². The second-order valence-corrected chi connectivity index (χ2v) is 9.99. The lowest BCUT2D eigenvalue weighted by molar-refractivity contribution is 0.0303. The summed E-state index contributed by atoms with van der Waals surface area (Å²) in [6.45, 7) is 3.69. The lowest BCUT2D eigenvalue weighted by Crippen LogP contribution is -2.41. The summed E-state index contributed by atoms with van der Waals surface area (Å²) in [5.74, 6) is 0.893. The minimum absolute atomic E-state index is 0.0116. The summed E-state index contributed by atoms with van der Waals surface area (Å²) in [7, 11) is 1.55. The van der Waals surface area contributed by atoms with E-state index in [1.807, 2.05) is 55.5 Å². The number of nitrogen functional groups attached to an aromatic ring is 1. The van der Waals surface area contributed by atoms with Crippen molar-refractivity contribution in [3.8, 4) is 22.7 Å². The standard InChI is InChI=1S/C31H30N8O4/c1-19(35-27-23(18-34-31(32)37-27)29(40)38-13-15-43-16-14-38)28-36-24-10-6-9-22(20-11-12-33-25(17-20)42-2)26(24)30(41)39(28)21-7-4-3-5-8-21/h3-12,17-19H,13-16H2,1-2H3,(H3,32,34,35,37). The fourth-order valence-electron chi connectivity index (χ4n) is 5.16. The Morgan fingerprint density at radius 3 is 2.60 bits per heavy atom. The smallest absolute Gasteiger partial charge is 0.266 e. The molecule has 1 aliphatic rings. The maximum atomic E-state index is 14.4. The van der Waals surface area contributed by atoms with E-state index >= 15 is 0 Å². The Hall–Kier alpha value is -5.36. The number of carbonyl (C=O) groups is 1. The van der Waals surface area contributed by atoms with Gasteiger partial charge in [-0.25, -0.2) is 15.0 Å². The van der Waals surface area contributed by atoms with Gasteiger partial charge in [0.1, 0.15) is 17.2 Å². The van der Waals surface area contributed by atoms with E-state index in [0.717, 1.165) is 5.56 Å². The number of ether oxygens (including phenoxy) is 2. The van der Waals surface area contributed by atoms with Crippen molar-refractivity contribution in [1.29, 1.82) is 0 Å². The quantitative estimate of drug-likeness (QED) is 0.294. The summed E-state index contributed by atoms with van der Waals surface area (Å²) in [4.78, 5) is 47.1. The van der Waals surface area contributed by atoms with Crippen molar-refractivity contribution >= 4 is 28.6 Å². The number of nitrogens with zero attached hydrogens (tertiary/aromatic N) is 6. The molecule has 12 nitrogen and oxygen atoms in total. The van der Waals surface area contributed by atoms with Crippen LogP contribution >= 0.6 is 0 Å². The Morgan fingerprint density at radius 1 is 1.05 bits per heavy atom. The van der Waals surface area contributed by atoms with E-state index in [0.29, 0.717) is 60.2 Å². The van der Waals surface area contributed by atoms with Crippen LogP contribution in [-0.2, 0) is 4.74 Å². The zero-order chi connectivity index (χ0) is 29.9. The molecule has 3 aromatic heterocycles. The molecular weight excluding hydrogens is 548 g/mol. The number of morpholine rings is 1. The van der Waals surface area contributed by atoms with Gasteiger partial charge in [-0.05, 0) is 42.3 Å². The molecule has 0 bridgehead atoms. The van der Waals surface area contributed by atoms with Crippen LogP contribution in [-0.4, -0.2) is 68.7 Å². The van der Waals surface area contributed by atoms with Crippen LogP contribution in [0.4, 0.5) is 11.8 Å². The third-order valence-corrected chi connectivity index (χ3v) is 7.27. The molecule has 1 fully saturated rings. The SMILES string of the molecule is COc1cc(-c2cccc3nc(C(C)Nc4nc(N)ncc4C(=O)N4CCOCC4)n(-c4ccccc4)c(=O)c23)ccn1. The number of hydrogen-bond donors (Lipinski definition) is 2. The van der Waals surface area contributed by atoms with Crippen molar-refractivity contribution in [2.45, 2.75) is 13.0 Å². The maximum Gasteiger partial charge on any atom is 0.266 e. The second-order valence-electron chi connectivity index (χ2n) is 9.99. The maximum absolute atomic E-state index is 14.4. The summed E-state index contributed by atoms with van der Waals surface area (Å²) in [5, 5.41) is 3.74. The molecule has 1 atom stereocenters. The molecule has 12 heteroatoms. The number of para-hydroxylation sites is 1. The zero-order valence-electron chi connectivity index (χ0n) is 23.7. The number of nitrogens with one attached hydrogen (secondary N) is 1.